The van der Waals surface area contributed by atoms with Crippen molar-refractivity contribution in [2.45, 2.75) is 380 Å². The van der Waals surface area contributed by atoms with Crippen molar-refractivity contribution in [2.24, 2.45) is 0 Å². The lowest BCUT2D eigenvalue weighted by molar-refractivity contribution is -0.167. The molecule has 0 amide bonds. The van der Waals surface area contributed by atoms with Crippen LogP contribution in [0, 0.1) is 0 Å². The lowest BCUT2D eigenvalue weighted by atomic mass is 10.0. The molecule has 0 aliphatic rings. The number of carbonyl (C=O) groups excluding carboxylic acids is 3. The fourth-order valence-corrected chi connectivity index (χ4v) is 10.1. The molecule has 74 heavy (non-hydrogen) atoms. The Morgan fingerprint density at radius 3 is 0.676 bits per heavy atom. The molecule has 0 aliphatic heterocycles. The minimum atomic E-state index is -0.773. The lowest BCUT2D eigenvalue weighted by Crippen LogP contribution is -2.30. The van der Waals surface area contributed by atoms with Crippen molar-refractivity contribution in [1.29, 1.82) is 0 Å². The molecule has 0 saturated heterocycles. The van der Waals surface area contributed by atoms with Crippen LogP contribution in [-0.4, -0.2) is 37.2 Å². The summed E-state index contributed by atoms with van der Waals surface area (Å²) < 4.78 is 17.0. The van der Waals surface area contributed by atoms with Crippen LogP contribution in [-0.2, 0) is 28.6 Å². The average Bonchev–Trinajstić information content (AvgIpc) is 3.40. The second kappa shape index (κ2) is 63.4. The minimum absolute atomic E-state index is 0.0691. The Balaban J connectivity index is 4.33. The van der Waals surface area contributed by atoms with Crippen LogP contribution in [0.1, 0.15) is 374 Å². The van der Waals surface area contributed by atoms with E-state index in [1.165, 1.54) is 276 Å². The molecule has 6 heteroatoms. The molecule has 0 N–H and O–H groups in total. The highest BCUT2D eigenvalue weighted by Crippen LogP contribution is 2.18. The molecule has 0 aliphatic carbocycles. The van der Waals surface area contributed by atoms with Gasteiger partial charge in [0.05, 0.1) is 0 Å². The zero-order valence-electron chi connectivity index (χ0n) is 50.1. The Morgan fingerprint density at radius 1 is 0.257 bits per heavy atom. The van der Waals surface area contributed by atoms with Crippen LogP contribution < -0.4 is 0 Å². The summed E-state index contributed by atoms with van der Waals surface area (Å²) in [4.78, 5) is 38.4. The van der Waals surface area contributed by atoms with E-state index in [1.54, 1.807) is 0 Å². The van der Waals surface area contributed by atoms with Gasteiger partial charge in [0, 0.05) is 19.3 Å². The number of hydrogen-bond donors (Lipinski definition) is 0. The van der Waals surface area contributed by atoms with Crippen molar-refractivity contribution in [3.05, 3.63) is 24.3 Å². The van der Waals surface area contributed by atoms with Gasteiger partial charge < -0.3 is 14.2 Å². The highest BCUT2D eigenvalue weighted by atomic mass is 16.6. The van der Waals surface area contributed by atoms with E-state index in [2.05, 4.69) is 45.1 Å². The monoisotopic (exact) mass is 1040 g/mol. The van der Waals surface area contributed by atoms with Crippen molar-refractivity contribution < 1.29 is 28.6 Å². The maximum atomic E-state index is 12.9. The number of allylic oxidation sites excluding steroid dienone is 4. The predicted molar refractivity (Wildman–Crippen MR) is 321 cm³/mol. The number of ether oxygens (including phenoxy) is 3. The first-order chi connectivity index (χ1) is 36.5. The van der Waals surface area contributed by atoms with E-state index in [-0.39, 0.29) is 31.1 Å². The largest absolute Gasteiger partial charge is 0.462 e. The maximum Gasteiger partial charge on any atom is 0.306 e. The Kier molecular flexibility index (Phi) is 61.6. The van der Waals surface area contributed by atoms with E-state index in [9.17, 15) is 14.4 Å². The maximum absolute atomic E-state index is 12.9. The van der Waals surface area contributed by atoms with E-state index in [1.807, 2.05) is 0 Å². The summed E-state index contributed by atoms with van der Waals surface area (Å²) in [5.74, 6) is -0.849. The predicted octanol–water partition coefficient (Wildman–Crippen LogP) is 22.6. The van der Waals surface area contributed by atoms with E-state index in [0.717, 1.165) is 57.8 Å². The normalized spacial score (nSPS) is 12.1. The van der Waals surface area contributed by atoms with E-state index >= 15 is 0 Å². The molecule has 0 fully saturated rings. The van der Waals surface area contributed by atoms with E-state index in [4.69, 9.17) is 14.2 Å². The number of hydrogen-bond acceptors (Lipinski definition) is 6. The summed E-state index contributed by atoms with van der Waals surface area (Å²) in [5.41, 5.74) is 0. The second-order valence-electron chi connectivity index (χ2n) is 22.7. The van der Waals surface area contributed by atoms with Crippen LogP contribution in [0.15, 0.2) is 24.3 Å². The summed E-state index contributed by atoms with van der Waals surface area (Å²) in [6, 6.07) is 0. The zero-order valence-corrected chi connectivity index (χ0v) is 50.1. The molecule has 6 nitrogen and oxygen atoms in total. The highest BCUT2D eigenvalue weighted by Gasteiger charge is 2.19. The molecule has 0 unspecified atom stereocenters. The number of rotatable bonds is 62. The Labute approximate surface area is 462 Å². The third kappa shape index (κ3) is 60.8. The molecule has 0 aromatic heterocycles. The molecule has 0 saturated carbocycles. The second-order valence-corrected chi connectivity index (χ2v) is 22.7. The van der Waals surface area contributed by atoms with Gasteiger partial charge in [-0.15, -0.1) is 0 Å². The van der Waals surface area contributed by atoms with Crippen LogP contribution in [0.2, 0.25) is 0 Å². The summed E-state index contributed by atoms with van der Waals surface area (Å²) in [6.45, 7) is 6.71. The Bertz CT molecular complexity index is 1190. The van der Waals surface area contributed by atoms with Crippen LogP contribution in [0.25, 0.3) is 0 Å². The van der Waals surface area contributed by atoms with Gasteiger partial charge in [-0.05, 0) is 70.6 Å². The first kappa shape index (κ1) is 71.9. The summed E-state index contributed by atoms with van der Waals surface area (Å²) in [5, 5.41) is 0. The third-order valence-corrected chi connectivity index (χ3v) is 15.2. The topological polar surface area (TPSA) is 78.9 Å². The Morgan fingerprint density at radius 2 is 0.446 bits per heavy atom. The third-order valence-electron chi connectivity index (χ3n) is 15.2. The van der Waals surface area contributed by atoms with Gasteiger partial charge in [-0.1, -0.05) is 308 Å². The van der Waals surface area contributed by atoms with Crippen LogP contribution in [0.4, 0.5) is 0 Å². The molecule has 0 bridgehead atoms. The van der Waals surface area contributed by atoms with Gasteiger partial charge >= 0.3 is 17.9 Å². The lowest BCUT2D eigenvalue weighted by Gasteiger charge is -2.18. The highest BCUT2D eigenvalue weighted by molar-refractivity contribution is 5.71. The summed E-state index contributed by atoms with van der Waals surface area (Å²) in [6.07, 6.45) is 76.1. The SMILES string of the molecule is CCCCCCCCCC/C=C\CCCCCCCCCC(=O)OC[C@@H](COC(=O)CCCCCCCCCCCCCCCCCCCC)OC(=O)CCCCCCCCC/C=C\CCCCCCCCCC. The molecular formula is C68H128O6. The number of unbranched alkanes of at least 4 members (excludes halogenated alkanes) is 47. The molecular weight excluding hydrogens is 913 g/mol. The quantitative estimate of drug-likeness (QED) is 0.0261. The first-order valence-electron chi connectivity index (χ1n) is 33.3. The van der Waals surface area contributed by atoms with Crippen molar-refractivity contribution >= 4 is 17.9 Å². The van der Waals surface area contributed by atoms with Gasteiger partial charge in [0.15, 0.2) is 6.10 Å². The van der Waals surface area contributed by atoms with Crippen molar-refractivity contribution in [3.8, 4) is 0 Å². The molecule has 0 heterocycles. The molecule has 1 atom stereocenters. The summed E-state index contributed by atoms with van der Waals surface area (Å²) in [7, 11) is 0. The standard InChI is InChI=1S/C68H128O6/c1-4-7-10-13-16-19-22-25-28-31-34-37-40-43-46-49-52-55-58-61-67(70)73-64-65(63-72-66(69)60-57-54-51-48-45-42-39-36-33-30-27-24-21-18-15-12-9-6-3)74-68(71)62-59-56-53-50-47-44-41-38-35-32-29-26-23-20-17-14-11-8-5-2/h31-32,34-35,65H,4-30,33,36-64H2,1-3H3/b34-31-,35-32-/t65-/m1/s1. The van der Waals surface area contributed by atoms with E-state index in [0.29, 0.717) is 19.3 Å². The average molecular weight is 1040 g/mol. The van der Waals surface area contributed by atoms with Gasteiger partial charge in [-0.3, -0.25) is 14.4 Å². The molecule has 436 valence electrons. The van der Waals surface area contributed by atoms with Gasteiger partial charge in [0.2, 0.25) is 0 Å². The van der Waals surface area contributed by atoms with Gasteiger partial charge in [-0.25, -0.2) is 0 Å². The Hall–Kier alpha value is -2.11. The molecule has 0 aromatic rings. The van der Waals surface area contributed by atoms with Gasteiger partial charge in [-0.2, -0.15) is 0 Å². The number of carbonyl (C=O) groups is 3. The first-order valence-corrected chi connectivity index (χ1v) is 33.3. The van der Waals surface area contributed by atoms with E-state index < -0.39 is 6.10 Å². The molecule has 0 radical (unpaired) electrons. The minimum Gasteiger partial charge on any atom is -0.462 e. The molecule has 0 rings (SSSR count). The fraction of sp³-hybridized carbons (Fsp3) is 0.897. The molecule has 0 aromatic carbocycles. The van der Waals surface area contributed by atoms with Crippen LogP contribution in [0.3, 0.4) is 0 Å². The fourth-order valence-electron chi connectivity index (χ4n) is 10.1. The van der Waals surface area contributed by atoms with Gasteiger partial charge in [0.1, 0.15) is 13.2 Å². The van der Waals surface area contributed by atoms with Crippen LogP contribution in [0.5, 0.6) is 0 Å². The van der Waals surface area contributed by atoms with Crippen molar-refractivity contribution in [3.63, 3.8) is 0 Å². The van der Waals surface area contributed by atoms with Gasteiger partial charge in [0.25, 0.3) is 0 Å². The van der Waals surface area contributed by atoms with Crippen molar-refractivity contribution in [2.75, 3.05) is 13.2 Å². The van der Waals surface area contributed by atoms with Crippen LogP contribution >= 0.6 is 0 Å². The van der Waals surface area contributed by atoms with Crippen molar-refractivity contribution in [1.82, 2.24) is 0 Å². The molecule has 0 spiro atoms. The zero-order chi connectivity index (χ0) is 53.6. The summed E-state index contributed by atoms with van der Waals surface area (Å²) >= 11 is 0. The smallest absolute Gasteiger partial charge is 0.306 e. The number of esters is 3.